The molecule has 2 atom stereocenters. The molecule has 1 amide bonds. The molecule has 5 nitrogen and oxygen atoms in total. The molecule has 0 bridgehead atoms. The molecule has 3 aromatic rings. The number of primary amides is 1. The van der Waals surface area contributed by atoms with Crippen molar-refractivity contribution in [3.63, 3.8) is 0 Å². The van der Waals surface area contributed by atoms with Gasteiger partial charge in [-0.15, -0.1) is 0 Å². The number of carbonyl (C=O) groups is 2. The number of amides is 1. The molecular formula is C30H36N2O3. The number of fused-ring (bicyclic) bond motifs is 2. The van der Waals surface area contributed by atoms with Gasteiger partial charge in [0.1, 0.15) is 0 Å². The molecule has 0 radical (unpaired) electrons. The van der Waals surface area contributed by atoms with E-state index in [1.165, 1.54) is 0 Å². The van der Waals surface area contributed by atoms with Gasteiger partial charge in [0.15, 0.2) is 0 Å². The first-order valence-corrected chi connectivity index (χ1v) is 12.6. The highest BCUT2D eigenvalue weighted by Gasteiger charge is 2.35. The highest BCUT2D eigenvalue weighted by molar-refractivity contribution is 5.96. The summed E-state index contributed by atoms with van der Waals surface area (Å²) in [7, 11) is 0. The lowest BCUT2D eigenvalue weighted by molar-refractivity contribution is -0.119. The Hall–Kier alpha value is -3.34. The first-order chi connectivity index (χ1) is 16.7. The topological polar surface area (TPSA) is 83.6 Å². The summed E-state index contributed by atoms with van der Waals surface area (Å²) in [4.78, 5) is 26.9. The summed E-state index contributed by atoms with van der Waals surface area (Å²) in [6, 6.07) is 19.9. The molecule has 5 heteroatoms. The van der Waals surface area contributed by atoms with Crippen LogP contribution in [0.4, 0.5) is 5.69 Å². The third-order valence-electron chi connectivity index (χ3n) is 7.37. The summed E-state index contributed by atoms with van der Waals surface area (Å²) < 4.78 is 0. The average molecular weight is 473 g/mol. The molecule has 0 aliphatic carbocycles. The number of nitrogens with two attached hydrogens (primary N) is 1. The monoisotopic (exact) mass is 472 g/mol. The number of para-hydroxylation sites is 1. The van der Waals surface area contributed by atoms with E-state index in [2.05, 4.69) is 49.9 Å². The Morgan fingerprint density at radius 3 is 2.43 bits per heavy atom. The van der Waals surface area contributed by atoms with E-state index in [0.717, 1.165) is 59.8 Å². The molecule has 1 aliphatic heterocycles. The number of rotatable bonds is 8. The van der Waals surface area contributed by atoms with E-state index in [9.17, 15) is 14.7 Å². The maximum atomic E-state index is 12.5. The Kier molecular flexibility index (Phi) is 7.15. The third kappa shape index (κ3) is 5.19. The van der Waals surface area contributed by atoms with Crippen LogP contribution in [0.15, 0.2) is 60.7 Å². The van der Waals surface area contributed by atoms with Crippen molar-refractivity contribution >= 4 is 28.3 Å². The number of carboxylic acids is 1. The van der Waals surface area contributed by atoms with Gasteiger partial charge in [-0.3, -0.25) is 4.79 Å². The second kappa shape index (κ2) is 10.1. The predicted molar refractivity (Wildman–Crippen MR) is 142 cm³/mol. The van der Waals surface area contributed by atoms with Crippen LogP contribution in [0.2, 0.25) is 0 Å². The van der Waals surface area contributed by atoms with Crippen LogP contribution < -0.4 is 10.6 Å². The smallest absolute Gasteiger partial charge is 0.337 e. The lowest BCUT2D eigenvalue weighted by atomic mass is 9.79. The van der Waals surface area contributed by atoms with Gasteiger partial charge in [0, 0.05) is 12.6 Å². The van der Waals surface area contributed by atoms with E-state index >= 15 is 0 Å². The van der Waals surface area contributed by atoms with E-state index in [4.69, 9.17) is 5.73 Å². The molecule has 1 heterocycles. The fourth-order valence-electron chi connectivity index (χ4n) is 5.75. The Labute approximate surface area is 207 Å². The molecule has 3 N–H and O–H groups in total. The van der Waals surface area contributed by atoms with Crippen LogP contribution in [0.5, 0.6) is 0 Å². The highest BCUT2D eigenvalue weighted by Crippen LogP contribution is 2.39. The van der Waals surface area contributed by atoms with Crippen molar-refractivity contribution < 1.29 is 14.7 Å². The standard InChI is InChI=1S/C30H36N2O3/c1-30(2,3)26(32-19-9-13-21-12-7-17-25(27(21)32)29(34)35)18-8-16-24(28(31)33)23-15-6-11-20-10-4-5-14-22(20)23/h4-7,10-12,14-15,17,24,26H,8-9,13,16,18-19H2,1-3H3,(H2,31,33)(H,34,35). The minimum atomic E-state index is -0.883. The van der Waals surface area contributed by atoms with Gasteiger partial charge in [0.05, 0.1) is 17.2 Å². The Bertz CT molecular complexity index is 1220. The molecule has 2 unspecified atom stereocenters. The quantitative estimate of drug-likeness (QED) is 0.412. The maximum absolute atomic E-state index is 12.5. The van der Waals surface area contributed by atoms with Crippen molar-refractivity contribution in [3.8, 4) is 0 Å². The number of carbonyl (C=O) groups excluding carboxylic acids is 1. The van der Waals surface area contributed by atoms with Crippen LogP contribution in [-0.4, -0.2) is 29.6 Å². The molecule has 3 aromatic carbocycles. The third-order valence-corrected chi connectivity index (χ3v) is 7.37. The van der Waals surface area contributed by atoms with Gasteiger partial charge in [-0.05, 0) is 59.1 Å². The summed E-state index contributed by atoms with van der Waals surface area (Å²) in [5.41, 5.74) is 9.18. The first kappa shape index (κ1) is 24.8. The summed E-state index contributed by atoms with van der Waals surface area (Å²) >= 11 is 0. The highest BCUT2D eigenvalue weighted by atomic mass is 16.4. The van der Waals surface area contributed by atoms with Crippen LogP contribution in [0.3, 0.4) is 0 Å². The van der Waals surface area contributed by atoms with Gasteiger partial charge in [-0.1, -0.05) is 81.8 Å². The Morgan fingerprint density at radius 1 is 1.00 bits per heavy atom. The number of nitrogens with zero attached hydrogens (tertiary/aromatic N) is 1. The molecule has 184 valence electrons. The molecule has 35 heavy (non-hydrogen) atoms. The van der Waals surface area contributed by atoms with E-state index < -0.39 is 5.97 Å². The van der Waals surface area contributed by atoms with Gasteiger partial charge in [0.25, 0.3) is 0 Å². The van der Waals surface area contributed by atoms with Gasteiger partial charge < -0.3 is 15.7 Å². The molecule has 0 aromatic heterocycles. The normalized spacial score (nSPS) is 15.5. The number of benzene rings is 3. The van der Waals surface area contributed by atoms with Gasteiger partial charge in [-0.2, -0.15) is 0 Å². The number of hydrogen-bond acceptors (Lipinski definition) is 3. The van der Waals surface area contributed by atoms with Crippen molar-refractivity contribution in [2.45, 2.75) is 64.8 Å². The zero-order chi connectivity index (χ0) is 25.2. The van der Waals surface area contributed by atoms with Crippen molar-refractivity contribution in [3.05, 3.63) is 77.4 Å². The SMILES string of the molecule is CC(C)(C)C(CCCC(C(N)=O)c1cccc2ccccc12)N1CCCc2cccc(C(=O)O)c21. The summed E-state index contributed by atoms with van der Waals surface area (Å²) in [6.07, 6.45) is 4.24. The molecule has 0 fully saturated rings. The van der Waals surface area contributed by atoms with Crippen LogP contribution in [0.25, 0.3) is 10.8 Å². The number of aromatic carboxylic acids is 1. The fraction of sp³-hybridized carbons (Fsp3) is 0.400. The van der Waals surface area contributed by atoms with E-state index in [1.807, 2.05) is 30.3 Å². The van der Waals surface area contributed by atoms with Crippen LogP contribution in [0, 0.1) is 5.41 Å². The number of hydrogen-bond donors (Lipinski definition) is 2. The van der Waals surface area contributed by atoms with Crippen molar-refractivity contribution in [2.24, 2.45) is 11.1 Å². The van der Waals surface area contributed by atoms with E-state index in [1.54, 1.807) is 6.07 Å². The molecule has 1 aliphatic rings. The van der Waals surface area contributed by atoms with E-state index in [-0.39, 0.29) is 23.3 Å². The van der Waals surface area contributed by atoms with Gasteiger partial charge in [-0.25, -0.2) is 4.79 Å². The fourth-order valence-corrected chi connectivity index (χ4v) is 5.75. The minimum absolute atomic E-state index is 0.0676. The molecular weight excluding hydrogens is 436 g/mol. The van der Waals surface area contributed by atoms with Gasteiger partial charge in [0.2, 0.25) is 5.91 Å². The van der Waals surface area contributed by atoms with Crippen LogP contribution >= 0.6 is 0 Å². The zero-order valence-corrected chi connectivity index (χ0v) is 21.0. The zero-order valence-electron chi connectivity index (χ0n) is 21.0. The summed E-state index contributed by atoms with van der Waals surface area (Å²) in [5, 5.41) is 12.1. The molecule has 0 saturated carbocycles. The summed E-state index contributed by atoms with van der Waals surface area (Å²) in [5.74, 6) is -1.54. The Morgan fingerprint density at radius 2 is 1.71 bits per heavy atom. The van der Waals surface area contributed by atoms with Gasteiger partial charge >= 0.3 is 5.97 Å². The van der Waals surface area contributed by atoms with Crippen LogP contribution in [-0.2, 0) is 11.2 Å². The first-order valence-electron chi connectivity index (χ1n) is 12.6. The molecule has 0 saturated heterocycles. The molecule has 0 spiro atoms. The predicted octanol–water partition coefficient (Wildman–Crippen LogP) is 6.14. The lowest BCUT2D eigenvalue weighted by Gasteiger charge is -2.45. The van der Waals surface area contributed by atoms with Crippen LogP contribution in [0.1, 0.15) is 73.9 Å². The Balaban J connectivity index is 1.60. The maximum Gasteiger partial charge on any atom is 0.337 e. The number of aryl methyl sites for hydroxylation is 1. The summed E-state index contributed by atoms with van der Waals surface area (Å²) in [6.45, 7) is 7.48. The van der Waals surface area contributed by atoms with Crippen molar-refractivity contribution in [1.29, 1.82) is 0 Å². The second-order valence-corrected chi connectivity index (χ2v) is 10.8. The minimum Gasteiger partial charge on any atom is -0.478 e. The van der Waals surface area contributed by atoms with E-state index in [0.29, 0.717) is 12.0 Å². The lowest BCUT2D eigenvalue weighted by Crippen LogP contribution is -2.47. The number of anilines is 1. The molecule has 4 rings (SSSR count). The second-order valence-electron chi connectivity index (χ2n) is 10.8. The van der Waals surface area contributed by atoms with Crippen molar-refractivity contribution in [1.82, 2.24) is 0 Å². The average Bonchev–Trinajstić information content (AvgIpc) is 2.82. The largest absolute Gasteiger partial charge is 0.478 e. The van der Waals surface area contributed by atoms with Crippen molar-refractivity contribution in [2.75, 3.05) is 11.4 Å². The number of carboxylic acid groups (broad SMARTS) is 1.